The number of hydrogen-bond acceptors (Lipinski definition) is 7. The van der Waals surface area contributed by atoms with Gasteiger partial charge in [0.1, 0.15) is 16.5 Å². The van der Waals surface area contributed by atoms with Gasteiger partial charge in [-0.05, 0) is 49.4 Å². The van der Waals surface area contributed by atoms with Crippen LogP contribution in [0.4, 0.5) is 9.52 Å². The number of esters is 1. The molecule has 1 fully saturated rings. The predicted octanol–water partition coefficient (Wildman–Crippen LogP) is 5.83. The maximum absolute atomic E-state index is 14.3. The number of rotatable bonds is 6. The van der Waals surface area contributed by atoms with Crippen molar-refractivity contribution >= 4 is 39.9 Å². The first-order valence-corrected chi connectivity index (χ1v) is 12.7. The molecule has 4 rings (SSSR count). The number of Topliss-reactive ketones (excluding diaryl/α,β-unsaturated/α-hetero) is 1. The highest BCUT2D eigenvalue weighted by Crippen LogP contribution is 2.44. The highest BCUT2D eigenvalue weighted by atomic mass is 32.1. The van der Waals surface area contributed by atoms with Gasteiger partial charge in [-0.3, -0.25) is 14.5 Å². The van der Waals surface area contributed by atoms with E-state index in [9.17, 15) is 23.9 Å². The number of carbonyl (C=O) groups is 3. The molecule has 1 saturated heterocycles. The van der Waals surface area contributed by atoms with Crippen molar-refractivity contribution in [1.29, 1.82) is 0 Å². The maximum Gasteiger partial charge on any atom is 0.350 e. The largest absolute Gasteiger partial charge is 0.507 e. The van der Waals surface area contributed by atoms with E-state index < -0.39 is 35.3 Å². The SMILES string of the molecule is CCOC(=O)c1sc(N2C(=O)C(=O)/C(=C(\O)c3ccc(C)c(F)c3)C2c2ccc(C(C)C)cc2)nc1C. The molecule has 7 nitrogen and oxygen atoms in total. The van der Waals surface area contributed by atoms with Crippen molar-refractivity contribution in [3.05, 3.63) is 86.7 Å². The molecule has 0 spiro atoms. The molecule has 1 atom stereocenters. The number of thiazole rings is 1. The second kappa shape index (κ2) is 10.3. The monoisotopic (exact) mass is 522 g/mol. The molecule has 192 valence electrons. The molecule has 2 aromatic carbocycles. The summed E-state index contributed by atoms with van der Waals surface area (Å²) in [6, 6.07) is 10.4. The first-order valence-electron chi connectivity index (χ1n) is 11.9. The number of aryl methyl sites for hydroxylation is 2. The lowest BCUT2D eigenvalue weighted by Gasteiger charge is -2.23. The molecule has 1 aromatic heterocycles. The third-order valence-corrected chi connectivity index (χ3v) is 7.40. The van der Waals surface area contributed by atoms with E-state index >= 15 is 0 Å². The van der Waals surface area contributed by atoms with Crippen molar-refractivity contribution in [2.24, 2.45) is 0 Å². The van der Waals surface area contributed by atoms with Crippen molar-refractivity contribution in [1.82, 2.24) is 4.98 Å². The lowest BCUT2D eigenvalue weighted by Crippen LogP contribution is -2.29. The first-order chi connectivity index (χ1) is 17.5. The smallest absolute Gasteiger partial charge is 0.350 e. The Morgan fingerprint density at radius 2 is 1.84 bits per heavy atom. The van der Waals surface area contributed by atoms with Crippen LogP contribution >= 0.6 is 11.3 Å². The fraction of sp³-hybridized carbons (Fsp3) is 0.286. The Morgan fingerprint density at radius 1 is 1.16 bits per heavy atom. The van der Waals surface area contributed by atoms with Crippen LogP contribution in [0.15, 0.2) is 48.0 Å². The molecule has 2 heterocycles. The number of aliphatic hydroxyl groups excluding tert-OH is 1. The van der Waals surface area contributed by atoms with Crippen LogP contribution in [0.25, 0.3) is 5.76 Å². The first kappa shape index (κ1) is 26.2. The van der Waals surface area contributed by atoms with Gasteiger partial charge in [-0.1, -0.05) is 61.6 Å². The Balaban J connectivity index is 1.92. The summed E-state index contributed by atoms with van der Waals surface area (Å²) in [5.74, 6) is -3.20. The summed E-state index contributed by atoms with van der Waals surface area (Å²) in [6.45, 7) is 9.14. The standard InChI is InChI=1S/C28H27FN2O5S/c1-6-36-27(35)25-16(5)30-28(37-25)31-22(18-11-9-17(10-12-18)14(2)3)21(24(33)26(31)34)23(32)19-8-7-15(4)20(29)13-19/h7-14,22,32H,6H2,1-5H3/b23-21-. The Labute approximate surface area is 218 Å². The number of nitrogens with zero attached hydrogens (tertiary/aromatic N) is 2. The Morgan fingerprint density at radius 3 is 2.43 bits per heavy atom. The molecular weight excluding hydrogens is 495 g/mol. The van der Waals surface area contributed by atoms with Crippen molar-refractivity contribution in [3.8, 4) is 0 Å². The summed E-state index contributed by atoms with van der Waals surface area (Å²) in [5.41, 5.74) is 2.24. The van der Waals surface area contributed by atoms with E-state index in [4.69, 9.17) is 4.74 Å². The molecule has 0 radical (unpaired) electrons. The van der Waals surface area contributed by atoms with Gasteiger partial charge in [0.05, 0.1) is 23.9 Å². The number of ketones is 1. The molecule has 3 aromatic rings. The maximum atomic E-state index is 14.3. The summed E-state index contributed by atoms with van der Waals surface area (Å²) in [4.78, 5) is 44.9. The minimum absolute atomic E-state index is 0.0763. The number of carbonyl (C=O) groups excluding carboxylic acids is 3. The van der Waals surface area contributed by atoms with E-state index in [0.29, 0.717) is 16.8 Å². The summed E-state index contributed by atoms with van der Waals surface area (Å²) in [7, 11) is 0. The van der Waals surface area contributed by atoms with Gasteiger partial charge in [-0.15, -0.1) is 0 Å². The van der Waals surface area contributed by atoms with E-state index in [1.165, 1.54) is 17.0 Å². The second-order valence-electron chi connectivity index (χ2n) is 9.09. The van der Waals surface area contributed by atoms with Crippen LogP contribution in [0.5, 0.6) is 0 Å². The van der Waals surface area contributed by atoms with Crippen LogP contribution in [0.3, 0.4) is 0 Å². The minimum atomic E-state index is -1.04. The molecule has 1 aliphatic heterocycles. The van der Waals surface area contributed by atoms with E-state index in [1.54, 1.807) is 32.9 Å². The van der Waals surface area contributed by atoms with Gasteiger partial charge in [0.15, 0.2) is 5.13 Å². The molecule has 1 amide bonds. The van der Waals surface area contributed by atoms with Crippen molar-refractivity contribution in [2.45, 2.75) is 46.6 Å². The lowest BCUT2D eigenvalue weighted by molar-refractivity contribution is -0.132. The number of anilines is 1. The second-order valence-corrected chi connectivity index (χ2v) is 10.1. The van der Waals surface area contributed by atoms with E-state index in [-0.39, 0.29) is 33.7 Å². The van der Waals surface area contributed by atoms with Gasteiger partial charge in [0.25, 0.3) is 5.78 Å². The number of amides is 1. The van der Waals surface area contributed by atoms with E-state index in [1.807, 2.05) is 26.0 Å². The number of aromatic nitrogens is 1. The van der Waals surface area contributed by atoms with Gasteiger partial charge in [0.2, 0.25) is 0 Å². The highest BCUT2D eigenvalue weighted by Gasteiger charge is 2.48. The van der Waals surface area contributed by atoms with Gasteiger partial charge < -0.3 is 9.84 Å². The van der Waals surface area contributed by atoms with Crippen molar-refractivity contribution in [3.63, 3.8) is 0 Å². The van der Waals surface area contributed by atoms with Crippen LogP contribution in [-0.2, 0) is 14.3 Å². The van der Waals surface area contributed by atoms with Gasteiger partial charge >= 0.3 is 11.9 Å². The number of hydrogen-bond donors (Lipinski definition) is 1. The van der Waals surface area contributed by atoms with Crippen molar-refractivity contribution < 1.29 is 28.6 Å². The zero-order valence-electron chi connectivity index (χ0n) is 21.2. The lowest BCUT2D eigenvalue weighted by atomic mass is 9.93. The summed E-state index contributed by atoms with van der Waals surface area (Å²) in [5, 5.41) is 11.3. The Hall–Kier alpha value is -3.85. The van der Waals surface area contributed by atoms with Crippen molar-refractivity contribution in [2.75, 3.05) is 11.5 Å². The zero-order chi connectivity index (χ0) is 27.0. The predicted molar refractivity (Wildman–Crippen MR) is 139 cm³/mol. The summed E-state index contributed by atoms with van der Waals surface area (Å²) >= 11 is 0.934. The molecule has 0 bridgehead atoms. The summed E-state index contributed by atoms with van der Waals surface area (Å²) < 4.78 is 19.4. The van der Waals surface area contributed by atoms with Crippen LogP contribution < -0.4 is 4.90 Å². The van der Waals surface area contributed by atoms with Gasteiger partial charge in [0, 0.05) is 5.56 Å². The van der Waals surface area contributed by atoms with Crippen LogP contribution in [0, 0.1) is 19.7 Å². The fourth-order valence-corrected chi connectivity index (χ4v) is 5.16. The molecule has 1 unspecified atom stereocenters. The molecule has 1 N–H and O–H groups in total. The molecule has 9 heteroatoms. The summed E-state index contributed by atoms with van der Waals surface area (Å²) in [6.07, 6.45) is 0. The van der Waals surface area contributed by atoms with Gasteiger partial charge in [-0.25, -0.2) is 14.2 Å². The fourth-order valence-electron chi connectivity index (χ4n) is 4.18. The number of ether oxygens (including phenoxy) is 1. The molecular formula is C28H27FN2O5S. The highest BCUT2D eigenvalue weighted by molar-refractivity contribution is 7.17. The third-order valence-electron chi connectivity index (χ3n) is 6.26. The molecule has 1 aliphatic rings. The quantitative estimate of drug-likeness (QED) is 0.190. The Bertz CT molecular complexity index is 1420. The van der Waals surface area contributed by atoms with Crippen LogP contribution in [-0.4, -0.2) is 34.4 Å². The van der Waals surface area contributed by atoms with E-state index in [2.05, 4.69) is 4.98 Å². The molecule has 0 aliphatic carbocycles. The average Bonchev–Trinajstić information content (AvgIpc) is 3.37. The Kier molecular flexibility index (Phi) is 7.27. The molecule has 0 saturated carbocycles. The van der Waals surface area contributed by atoms with Gasteiger partial charge in [-0.2, -0.15) is 0 Å². The van der Waals surface area contributed by atoms with Crippen LogP contribution in [0.2, 0.25) is 0 Å². The zero-order valence-corrected chi connectivity index (χ0v) is 22.0. The third kappa shape index (κ3) is 4.79. The number of benzene rings is 2. The number of halogens is 1. The average molecular weight is 523 g/mol. The topological polar surface area (TPSA) is 96.8 Å². The number of aliphatic hydroxyl groups is 1. The van der Waals surface area contributed by atoms with Crippen LogP contribution in [0.1, 0.15) is 70.4 Å². The minimum Gasteiger partial charge on any atom is -0.507 e. The normalized spacial score (nSPS) is 17.1. The van der Waals surface area contributed by atoms with E-state index in [0.717, 1.165) is 23.0 Å². The molecule has 37 heavy (non-hydrogen) atoms.